The van der Waals surface area contributed by atoms with Gasteiger partial charge in [0.15, 0.2) is 0 Å². The Kier molecular flexibility index (Phi) is 14.3. The lowest BCUT2D eigenvalue weighted by Gasteiger charge is -2.37. The maximum atomic E-state index is 15.0. The van der Waals surface area contributed by atoms with Crippen LogP contribution in [0.25, 0.3) is 10.9 Å². The van der Waals surface area contributed by atoms with Crippen molar-refractivity contribution >= 4 is 69.5 Å². The van der Waals surface area contributed by atoms with Crippen molar-refractivity contribution in [3.63, 3.8) is 0 Å². The van der Waals surface area contributed by atoms with E-state index in [1.54, 1.807) is 35.4 Å². The van der Waals surface area contributed by atoms with E-state index >= 15 is 4.39 Å². The number of anilines is 2. The van der Waals surface area contributed by atoms with Gasteiger partial charge >= 0.3 is 12.1 Å². The van der Waals surface area contributed by atoms with E-state index in [4.69, 9.17) is 0 Å². The summed E-state index contributed by atoms with van der Waals surface area (Å²) in [5, 5.41) is 8.87. The van der Waals surface area contributed by atoms with Crippen molar-refractivity contribution in [2.45, 2.75) is 119 Å². The molecule has 21 heteroatoms. The lowest BCUT2D eigenvalue weighted by molar-refractivity contribution is -0.207. The third-order valence-electron chi connectivity index (χ3n) is 11.9. The van der Waals surface area contributed by atoms with E-state index in [2.05, 4.69) is 35.7 Å². The number of likely N-dealkylation sites (tertiary alicyclic amines) is 1. The number of unbranched alkanes of at least 4 members (excludes halogenated alkanes) is 1. The number of imide groups is 2. The van der Waals surface area contributed by atoms with Gasteiger partial charge in [-0.3, -0.25) is 39.0 Å². The molecule has 3 aliphatic heterocycles. The number of H-pyrrole nitrogens is 1. The van der Waals surface area contributed by atoms with Crippen LogP contribution in [0.4, 0.5) is 28.9 Å². The minimum atomic E-state index is -5.27. The number of rotatable bonds is 16. The van der Waals surface area contributed by atoms with Gasteiger partial charge in [0.05, 0.1) is 22.4 Å². The molecule has 2 unspecified atom stereocenters. The van der Waals surface area contributed by atoms with Crippen LogP contribution in [0.2, 0.25) is 0 Å². The summed E-state index contributed by atoms with van der Waals surface area (Å²) in [4.78, 5) is 102. The van der Waals surface area contributed by atoms with Crippen molar-refractivity contribution in [1.82, 2.24) is 30.6 Å². The van der Waals surface area contributed by atoms with Crippen LogP contribution < -0.4 is 27.0 Å². The molecule has 4 heterocycles. The molecule has 3 aromatic rings. The molecule has 0 spiro atoms. The first-order valence-corrected chi connectivity index (χ1v) is 22.2. The number of carbonyl (C=O) groups is 6. The van der Waals surface area contributed by atoms with E-state index in [1.807, 2.05) is 0 Å². The van der Waals surface area contributed by atoms with E-state index in [1.165, 1.54) is 12.1 Å². The zero-order chi connectivity index (χ0) is 44.8. The first-order valence-electron chi connectivity index (χ1n) is 21.2. The van der Waals surface area contributed by atoms with Crippen molar-refractivity contribution in [3.05, 3.63) is 63.5 Å². The fourth-order valence-electron chi connectivity index (χ4n) is 8.74. The monoisotopic (exact) mass is 900 g/mol. The summed E-state index contributed by atoms with van der Waals surface area (Å²) in [5.41, 5.74) is 2.62. The second-order valence-electron chi connectivity index (χ2n) is 16.2. The molecule has 63 heavy (non-hydrogen) atoms. The molecule has 0 radical (unpaired) electrons. The Morgan fingerprint density at radius 3 is 2.46 bits per heavy atom. The predicted octanol–water partition coefficient (Wildman–Crippen LogP) is 5.08. The number of nitrogens with one attached hydrogen (secondary N) is 5. The number of halogens is 4. The number of thioether (sulfide) groups is 1. The first-order chi connectivity index (χ1) is 30.2. The fourth-order valence-corrected chi connectivity index (χ4v) is 9.82. The van der Waals surface area contributed by atoms with Gasteiger partial charge in [0.1, 0.15) is 23.1 Å². The largest absolute Gasteiger partial charge is 0.493 e. The number of amides is 5. The van der Waals surface area contributed by atoms with Crippen molar-refractivity contribution in [3.8, 4) is 0 Å². The Labute approximate surface area is 363 Å². The molecule has 4 aliphatic rings. The SMILES string of the molecule is O=C(CCC(CCCCNc1cccc2c1C(=O)N(C1CCC(=O)NC1=O)C2=O)N1CCC(SCc2nc3cc(NC4CCCC4)cc(F)c3c(=O)[nH]2)CC1)NOC(=O)C(F)(F)F. The molecule has 2 atom stereocenters. The van der Waals surface area contributed by atoms with Gasteiger partial charge in [-0.05, 0) is 88.7 Å². The van der Waals surface area contributed by atoms with Crippen LogP contribution >= 0.6 is 11.8 Å². The second-order valence-corrected chi connectivity index (χ2v) is 17.5. The number of hydrogen-bond donors (Lipinski definition) is 5. The van der Waals surface area contributed by atoms with E-state index < -0.39 is 59.1 Å². The van der Waals surface area contributed by atoms with Crippen molar-refractivity contribution < 1.29 is 51.2 Å². The normalized spacial score (nSPS) is 19.3. The second kappa shape index (κ2) is 19.9. The van der Waals surface area contributed by atoms with E-state index in [-0.39, 0.29) is 65.0 Å². The molecular weight excluding hydrogens is 853 g/mol. The lowest BCUT2D eigenvalue weighted by atomic mass is 9.99. The number of aromatic amines is 1. The summed E-state index contributed by atoms with van der Waals surface area (Å²) in [6.45, 7) is 1.68. The smallest absolute Gasteiger partial charge is 0.384 e. The van der Waals surface area contributed by atoms with Crippen LogP contribution in [0.5, 0.6) is 0 Å². The van der Waals surface area contributed by atoms with E-state index in [0.29, 0.717) is 61.8 Å². The van der Waals surface area contributed by atoms with Crippen LogP contribution in [0.1, 0.15) is 110 Å². The maximum Gasteiger partial charge on any atom is 0.493 e. The van der Waals surface area contributed by atoms with Gasteiger partial charge in [-0.25, -0.2) is 14.2 Å². The molecule has 5 N–H and O–H groups in total. The topological polar surface area (TPSA) is 212 Å². The molecular formula is C42H48F4N8O8S. The average molecular weight is 901 g/mol. The zero-order valence-corrected chi connectivity index (χ0v) is 35.1. The number of fused-ring (bicyclic) bond motifs is 2. The van der Waals surface area contributed by atoms with Gasteiger partial charge in [-0.1, -0.05) is 25.3 Å². The Bertz CT molecular complexity index is 2310. The fraction of sp³-hybridized carbons (Fsp3) is 0.524. The first kappa shape index (κ1) is 45.5. The third kappa shape index (κ3) is 11.0. The highest BCUT2D eigenvalue weighted by Gasteiger charge is 2.46. The highest BCUT2D eigenvalue weighted by molar-refractivity contribution is 7.99. The van der Waals surface area contributed by atoms with E-state index in [9.17, 15) is 46.7 Å². The third-order valence-corrected chi connectivity index (χ3v) is 13.3. The summed E-state index contributed by atoms with van der Waals surface area (Å²) >= 11 is 1.62. The predicted molar refractivity (Wildman–Crippen MR) is 223 cm³/mol. The van der Waals surface area contributed by atoms with Crippen molar-refractivity contribution in [2.75, 3.05) is 30.3 Å². The van der Waals surface area contributed by atoms with Crippen LogP contribution in [-0.4, -0.2) is 104 Å². The molecule has 7 rings (SSSR count). The Morgan fingerprint density at radius 2 is 1.73 bits per heavy atom. The number of carbonyl (C=O) groups excluding carboxylic acids is 6. The minimum absolute atomic E-state index is 0.000741. The highest BCUT2D eigenvalue weighted by atomic mass is 32.2. The highest BCUT2D eigenvalue weighted by Crippen LogP contribution is 2.33. The molecule has 2 saturated heterocycles. The molecule has 3 fully saturated rings. The number of hydroxylamine groups is 1. The number of nitrogens with zero attached hydrogens (tertiary/aromatic N) is 3. The summed E-state index contributed by atoms with van der Waals surface area (Å²) < 4.78 is 52.8. The summed E-state index contributed by atoms with van der Waals surface area (Å²) in [7, 11) is 0. The van der Waals surface area contributed by atoms with Gasteiger partial charge in [0, 0.05) is 48.1 Å². The number of aromatic nitrogens is 2. The standard InChI is InChI=1S/C42H48F4N8O8S/c43-28-20-24(48-23-6-1-2-7-23)21-30-36(28)38(58)50-32(49-30)22-63-26-15-18-53(19-16-26)25(11-13-34(56)52-62-41(61)42(44,45)46)8-3-4-17-47-29-10-5-9-27-35(29)40(60)54(39(27)59)31-12-14-33(55)51-37(31)57/h5,9-10,20-21,23,25-26,31,47-48H,1-4,6-8,11-19,22H2,(H,52,56)(H,49,50,58)(H,51,55,57). The van der Waals surface area contributed by atoms with Gasteiger partial charge in [-0.2, -0.15) is 30.4 Å². The number of hydrogen-bond acceptors (Lipinski definition) is 13. The van der Waals surface area contributed by atoms with Crippen LogP contribution in [0.3, 0.4) is 0 Å². The van der Waals surface area contributed by atoms with Gasteiger partial charge < -0.3 is 25.4 Å². The molecule has 5 amide bonds. The van der Waals surface area contributed by atoms with Crippen LogP contribution in [0.15, 0.2) is 35.1 Å². The molecule has 16 nitrogen and oxygen atoms in total. The molecule has 0 bridgehead atoms. The average Bonchev–Trinajstić information content (AvgIpc) is 3.84. The summed E-state index contributed by atoms with van der Waals surface area (Å²) in [5.74, 6) is -5.65. The van der Waals surface area contributed by atoms with Gasteiger partial charge in [0.25, 0.3) is 23.3 Å². The zero-order valence-electron chi connectivity index (χ0n) is 34.2. The Hall–Kier alpha value is -5.57. The van der Waals surface area contributed by atoms with Crippen molar-refractivity contribution in [2.24, 2.45) is 0 Å². The van der Waals surface area contributed by atoms with Gasteiger partial charge in [0.2, 0.25) is 11.8 Å². The van der Waals surface area contributed by atoms with Crippen LogP contribution in [0, 0.1) is 5.82 Å². The number of alkyl halides is 3. The molecule has 1 saturated carbocycles. The molecule has 338 valence electrons. The minimum Gasteiger partial charge on any atom is -0.384 e. The lowest BCUT2D eigenvalue weighted by Crippen LogP contribution is -2.54. The van der Waals surface area contributed by atoms with E-state index in [0.717, 1.165) is 43.4 Å². The van der Waals surface area contributed by atoms with Crippen molar-refractivity contribution in [1.29, 1.82) is 0 Å². The molecule has 1 aliphatic carbocycles. The number of piperidine rings is 2. The maximum absolute atomic E-state index is 15.0. The quantitative estimate of drug-likeness (QED) is 0.0550. The summed E-state index contributed by atoms with van der Waals surface area (Å²) in [6.07, 6.45) is 2.37. The Morgan fingerprint density at radius 1 is 0.968 bits per heavy atom. The van der Waals surface area contributed by atoms with Crippen LogP contribution in [-0.2, 0) is 29.8 Å². The Balaban J connectivity index is 0.930. The molecule has 2 aromatic carbocycles. The van der Waals surface area contributed by atoms with Gasteiger partial charge in [-0.15, -0.1) is 0 Å². The number of benzene rings is 2. The summed E-state index contributed by atoms with van der Waals surface area (Å²) in [6, 6.07) is 6.83. The molecule has 1 aromatic heterocycles.